The lowest BCUT2D eigenvalue weighted by molar-refractivity contribution is 0.0107. The molecule has 0 bridgehead atoms. The maximum atomic E-state index is 12.3. The number of ether oxygens (including phenoxy) is 1. The van der Waals surface area contributed by atoms with E-state index in [-0.39, 0.29) is 12.1 Å². The van der Waals surface area contributed by atoms with Crippen LogP contribution in [-0.2, 0) is 4.74 Å². The molecular weight excluding hydrogens is 337 g/mol. The summed E-state index contributed by atoms with van der Waals surface area (Å²) in [5.74, 6) is 0.600. The van der Waals surface area contributed by atoms with Gasteiger partial charge in [0.25, 0.3) is 0 Å². The Balaban J connectivity index is 1.68. The largest absolute Gasteiger partial charge is 0.444 e. The highest BCUT2D eigenvalue weighted by atomic mass is 35.5. The van der Waals surface area contributed by atoms with Crippen molar-refractivity contribution in [2.24, 2.45) is 5.92 Å². The van der Waals surface area contributed by atoms with Gasteiger partial charge >= 0.3 is 6.09 Å². The number of nitrogens with zero attached hydrogens (tertiary/aromatic N) is 3. The number of rotatable bonds is 1. The number of halogens is 2. The third-order valence-electron chi connectivity index (χ3n) is 4.32. The van der Waals surface area contributed by atoms with Gasteiger partial charge in [0.15, 0.2) is 0 Å². The first kappa shape index (κ1) is 16.7. The van der Waals surface area contributed by atoms with Crippen LogP contribution < -0.4 is 4.90 Å². The van der Waals surface area contributed by atoms with Crippen molar-refractivity contribution in [3.8, 4) is 0 Å². The lowest BCUT2D eigenvalue weighted by Gasteiger charge is -2.54. The van der Waals surface area contributed by atoms with Crippen LogP contribution in [-0.4, -0.2) is 47.3 Å². The highest BCUT2D eigenvalue weighted by molar-refractivity contribution is 6.41. The molecule has 126 valence electrons. The fourth-order valence-corrected chi connectivity index (χ4v) is 3.42. The third kappa shape index (κ3) is 3.50. The third-order valence-corrected chi connectivity index (χ3v) is 5.00. The number of hydrogen-bond donors (Lipinski definition) is 0. The van der Waals surface area contributed by atoms with Crippen molar-refractivity contribution in [1.82, 2.24) is 9.88 Å². The van der Waals surface area contributed by atoms with E-state index in [1.54, 1.807) is 11.1 Å². The van der Waals surface area contributed by atoms with E-state index in [0.29, 0.717) is 22.6 Å². The molecule has 0 radical (unpaired) electrons. The molecule has 2 aliphatic rings. The predicted octanol–water partition coefficient (Wildman–Crippen LogP) is 3.83. The van der Waals surface area contributed by atoms with Crippen LogP contribution in [0.5, 0.6) is 0 Å². The Kier molecular flexibility index (Phi) is 4.36. The van der Waals surface area contributed by atoms with E-state index >= 15 is 0 Å². The Bertz CT molecular complexity index is 618. The molecule has 2 aliphatic heterocycles. The Morgan fingerprint density at radius 3 is 2.74 bits per heavy atom. The number of aromatic nitrogens is 1. The quantitative estimate of drug-likeness (QED) is 0.716. The van der Waals surface area contributed by atoms with Gasteiger partial charge in [-0.3, -0.25) is 0 Å². The van der Waals surface area contributed by atoms with Gasteiger partial charge in [0.1, 0.15) is 10.8 Å². The second-order valence-corrected chi connectivity index (χ2v) is 7.93. The molecule has 3 rings (SSSR count). The molecule has 0 unspecified atom stereocenters. The Hall–Kier alpha value is -1.20. The zero-order valence-corrected chi connectivity index (χ0v) is 15.1. The number of carbonyl (C=O) groups is 1. The van der Waals surface area contributed by atoms with Crippen molar-refractivity contribution in [3.63, 3.8) is 0 Å². The molecule has 23 heavy (non-hydrogen) atoms. The van der Waals surface area contributed by atoms with Gasteiger partial charge in [0.2, 0.25) is 0 Å². The summed E-state index contributed by atoms with van der Waals surface area (Å²) in [6.07, 6.45) is 2.49. The van der Waals surface area contributed by atoms with Crippen LogP contribution in [0.1, 0.15) is 27.2 Å². The summed E-state index contributed by atoms with van der Waals surface area (Å²) >= 11 is 11.9. The molecule has 2 fully saturated rings. The summed E-state index contributed by atoms with van der Waals surface area (Å²) < 4.78 is 5.48. The topological polar surface area (TPSA) is 45.7 Å². The second kappa shape index (κ2) is 6.02. The van der Waals surface area contributed by atoms with E-state index in [2.05, 4.69) is 9.88 Å². The van der Waals surface area contributed by atoms with Crippen LogP contribution in [0.4, 0.5) is 10.5 Å². The van der Waals surface area contributed by atoms with Gasteiger partial charge in [-0.05, 0) is 33.3 Å². The Morgan fingerprint density at radius 2 is 2.09 bits per heavy atom. The van der Waals surface area contributed by atoms with Gasteiger partial charge in [-0.2, -0.15) is 0 Å². The predicted molar refractivity (Wildman–Crippen MR) is 91.3 cm³/mol. The average molecular weight is 358 g/mol. The molecule has 5 nitrogen and oxygen atoms in total. The van der Waals surface area contributed by atoms with E-state index in [0.717, 1.165) is 25.2 Å². The number of piperidine rings is 1. The average Bonchev–Trinajstić information content (AvgIpc) is 2.42. The van der Waals surface area contributed by atoms with Crippen molar-refractivity contribution >= 4 is 35.0 Å². The smallest absolute Gasteiger partial charge is 0.410 e. The summed E-state index contributed by atoms with van der Waals surface area (Å²) in [6, 6.07) is 2.12. The minimum Gasteiger partial charge on any atom is -0.444 e. The summed E-state index contributed by atoms with van der Waals surface area (Å²) in [4.78, 5) is 20.4. The van der Waals surface area contributed by atoms with Crippen LogP contribution in [0, 0.1) is 5.92 Å². The zero-order chi connectivity index (χ0) is 16.8. The van der Waals surface area contributed by atoms with Crippen LogP contribution in [0.25, 0.3) is 0 Å². The molecule has 0 spiro atoms. The lowest BCUT2D eigenvalue weighted by Crippen LogP contribution is -2.65. The van der Waals surface area contributed by atoms with Crippen molar-refractivity contribution < 1.29 is 9.53 Å². The lowest BCUT2D eigenvalue weighted by atomic mass is 9.82. The van der Waals surface area contributed by atoms with Crippen LogP contribution in [0.3, 0.4) is 0 Å². The van der Waals surface area contributed by atoms with Gasteiger partial charge in [-0.15, -0.1) is 0 Å². The molecule has 1 amide bonds. The number of amides is 1. The minimum atomic E-state index is -0.471. The molecule has 2 atom stereocenters. The van der Waals surface area contributed by atoms with E-state index in [4.69, 9.17) is 27.9 Å². The second-order valence-electron chi connectivity index (χ2n) is 7.16. The van der Waals surface area contributed by atoms with Crippen molar-refractivity contribution in [3.05, 3.63) is 22.4 Å². The maximum absolute atomic E-state index is 12.3. The van der Waals surface area contributed by atoms with Crippen molar-refractivity contribution in [1.29, 1.82) is 0 Å². The van der Waals surface area contributed by atoms with Gasteiger partial charge in [0.05, 0.1) is 22.9 Å². The van der Waals surface area contributed by atoms with Crippen LogP contribution in [0.2, 0.25) is 10.2 Å². The van der Waals surface area contributed by atoms with Gasteiger partial charge in [-0.1, -0.05) is 23.2 Å². The van der Waals surface area contributed by atoms with E-state index in [9.17, 15) is 4.79 Å². The Labute approximate surface area is 146 Å². The number of hydrogen-bond acceptors (Lipinski definition) is 4. The molecule has 7 heteroatoms. The highest BCUT2D eigenvalue weighted by Crippen LogP contribution is 2.38. The van der Waals surface area contributed by atoms with Crippen molar-refractivity contribution in [2.75, 3.05) is 24.5 Å². The van der Waals surface area contributed by atoms with E-state index in [1.165, 1.54) is 0 Å². The summed E-state index contributed by atoms with van der Waals surface area (Å²) in [5.41, 5.74) is 0.479. The SMILES string of the molecule is CC(C)(C)OC(=O)N1CC[C@@H]2CN(c3cnc(Cl)c(Cl)c3)[C@@H]2C1. The van der Waals surface area contributed by atoms with E-state index < -0.39 is 5.60 Å². The summed E-state index contributed by atoms with van der Waals surface area (Å²) in [7, 11) is 0. The van der Waals surface area contributed by atoms with Gasteiger partial charge < -0.3 is 14.5 Å². The maximum Gasteiger partial charge on any atom is 0.410 e. The molecule has 2 saturated heterocycles. The summed E-state index contributed by atoms with van der Waals surface area (Å²) in [6.45, 7) is 8.04. The number of likely N-dealkylation sites (tertiary alicyclic amines) is 1. The molecule has 0 saturated carbocycles. The van der Waals surface area contributed by atoms with Gasteiger partial charge in [-0.25, -0.2) is 9.78 Å². The number of pyridine rings is 1. The van der Waals surface area contributed by atoms with Crippen molar-refractivity contribution in [2.45, 2.75) is 38.8 Å². The first-order chi connectivity index (χ1) is 10.7. The fraction of sp³-hybridized carbons (Fsp3) is 0.625. The number of anilines is 1. The first-order valence-electron chi connectivity index (χ1n) is 7.80. The molecule has 1 aromatic rings. The summed E-state index contributed by atoms with van der Waals surface area (Å²) in [5, 5.41) is 0.763. The number of carbonyl (C=O) groups excluding carboxylic acids is 1. The van der Waals surface area contributed by atoms with Crippen LogP contribution >= 0.6 is 23.2 Å². The molecule has 3 heterocycles. The molecular formula is C16H21Cl2N3O2. The zero-order valence-electron chi connectivity index (χ0n) is 13.6. The minimum absolute atomic E-state index is 0.241. The molecule has 0 N–H and O–H groups in total. The van der Waals surface area contributed by atoms with Gasteiger partial charge in [0, 0.05) is 25.6 Å². The first-order valence-corrected chi connectivity index (χ1v) is 8.56. The standard InChI is InChI=1S/C16H21Cl2N3O2/c1-16(2,3)23-15(22)20-5-4-10-8-21(13(10)9-20)11-6-12(17)14(18)19-7-11/h6-7,10,13H,4-5,8-9H2,1-3H3/t10-,13-/m1/s1. The Morgan fingerprint density at radius 1 is 1.35 bits per heavy atom. The monoisotopic (exact) mass is 357 g/mol. The van der Waals surface area contributed by atoms with E-state index in [1.807, 2.05) is 26.8 Å². The molecule has 0 aliphatic carbocycles. The number of fused-ring (bicyclic) bond motifs is 1. The van der Waals surface area contributed by atoms with Crippen LogP contribution in [0.15, 0.2) is 12.3 Å². The fourth-order valence-electron chi connectivity index (χ4n) is 3.15. The normalized spacial score (nSPS) is 24.0. The molecule has 0 aromatic carbocycles. The highest BCUT2D eigenvalue weighted by Gasteiger charge is 2.44. The molecule has 1 aromatic heterocycles.